The van der Waals surface area contributed by atoms with Gasteiger partial charge in [-0.3, -0.25) is 9.78 Å². The van der Waals surface area contributed by atoms with Crippen LogP contribution in [-0.2, 0) is 13.0 Å². The van der Waals surface area contributed by atoms with Crippen LogP contribution in [0.4, 0.5) is 0 Å². The Morgan fingerprint density at radius 1 is 0.846 bits per heavy atom. The Labute approximate surface area is 152 Å². The van der Waals surface area contributed by atoms with E-state index in [0.717, 1.165) is 34.1 Å². The molecular weight excluding hydrogens is 320 g/mol. The van der Waals surface area contributed by atoms with Crippen molar-refractivity contribution in [3.8, 4) is 11.3 Å². The van der Waals surface area contributed by atoms with Gasteiger partial charge in [-0.25, -0.2) is 0 Å². The molecule has 2 aromatic heterocycles. The Kier molecular flexibility index (Phi) is 4.36. The summed E-state index contributed by atoms with van der Waals surface area (Å²) in [6.45, 7) is 2.60. The molecule has 0 bridgehead atoms. The van der Waals surface area contributed by atoms with Gasteiger partial charge in [0.05, 0.1) is 17.9 Å². The van der Waals surface area contributed by atoms with Gasteiger partial charge in [0.2, 0.25) is 0 Å². The first-order valence-electron chi connectivity index (χ1n) is 8.89. The highest BCUT2D eigenvalue weighted by Crippen LogP contribution is 2.29. The van der Waals surface area contributed by atoms with E-state index in [4.69, 9.17) is 0 Å². The predicted octanol–water partition coefficient (Wildman–Crippen LogP) is 4.67. The van der Waals surface area contributed by atoms with E-state index in [2.05, 4.69) is 24.0 Å². The summed E-state index contributed by atoms with van der Waals surface area (Å²) in [4.78, 5) is 17.8. The third-order valence-electron chi connectivity index (χ3n) is 4.73. The Morgan fingerprint density at radius 3 is 2.23 bits per heavy atom. The summed E-state index contributed by atoms with van der Waals surface area (Å²) in [6.07, 6.45) is 2.62. The molecule has 0 N–H and O–H groups in total. The minimum Gasteiger partial charge on any atom is -0.301 e. The molecule has 0 unspecified atom stereocenters. The zero-order valence-electron chi connectivity index (χ0n) is 14.7. The van der Waals surface area contributed by atoms with Crippen molar-refractivity contribution in [3.05, 3.63) is 101 Å². The van der Waals surface area contributed by atoms with E-state index < -0.39 is 0 Å². The molecule has 2 aromatic carbocycles. The molecule has 0 saturated carbocycles. The van der Waals surface area contributed by atoms with E-state index in [9.17, 15) is 4.79 Å². The van der Waals surface area contributed by atoms with Crippen LogP contribution in [0.15, 0.2) is 83.8 Å². The van der Waals surface area contributed by atoms with Gasteiger partial charge in [0.25, 0.3) is 5.56 Å². The number of hydrogen-bond acceptors (Lipinski definition) is 2. The van der Waals surface area contributed by atoms with Crippen LogP contribution in [0.3, 0.4) is 0 Å². The predicted molar refractivity (Wildman–Crippen MR) is 106 cm³/mol. The van der Waals surface area contributed by atoms with Crippen LogP contribution in [-0.4, -0.2) is 9.55 Å². The lowest BCUT2D eigenvalue weighted by Gasteiger charge is -2.19. The molecule has 128 valence electrons. The van der Waals surface area contributed by atoms with Gasteiger partial charge >= 0.3 is 0 Å². The van der Waals surface area contributed by atoms with Crippen molar-refractivity contribution in [2.75, 3.05) is 0 Å². The van der Waals surface area contributed by atoms with E-state index in [1.54, 1.807) is 6.20 Å². The molecule has 0 spiro atoms. The van der Waals surface area contributed by atoms with Crippen LogP contribution in [0.25, 0.3) is 22.0 Å². The summed E-state index contributed by atoms with van der Waals surface area (Å²) in [5, 5.41) is 1.80. The second-order valence-electron chi connectivity index (χ2n) is 6.30. The molecule has 0 aliphatic heterocycles. The van der Waals surface area contributed by atoms with Crippen LogP contribution in [0.5, 0.6) is 0 Å². The van der Waals surface area contributed by atoms with Crippen LogP contribution >= 0.6 is 0 Å². The fourth-order valence-electron chi connectivity index (χ4n) is 3.56. The molecule has 0 aliphatic carbocycles. The molecule has 4 rings (SSSR count). The second kappa shape index (κ2) is 6.96. The van der Waals surface area contributed by atoms with E-state index in [-0.39, 0.29) is 5.56 Å². The highest BCUT2D eigenvalue weighted by molar-refractivity contribution is 5.90. The maximum atomic E-state index is 13.3. The SMILES string of the molecule is CCc1c(-c2ccccc2)n(Cc2ccccn2)c(=O)c2ccccc12. The Morgan fingerprint density at radius 2 is 1.54 bits per heavy atom. The first-order chi connectivity index (χ1) is 12.8. The lowest BCUT2D eigenvalue weighted by atomic mass is 9.97. The van der Waals surface area contributed by atoms with Gasteiger partial charge in [-0.1, -0.05) is 61.5 Å². The highest BCUT2D eigenvalue weighted by atomic mass is 16.1. The van der Waals surface area contributed by atoms with E-state index >= 15 is 0 Å². The number of hydrogen-bond donors (Lipinski definition) is 0. The summed E-state index contributed by atoms with van der Waals surface area (Å²) in [5.41, 5.74) is 4.15. The topological polar surface area (TPSA) is 34.9 Å². The maximum Gasteiger partial charge on any atom is 0.259 e. The standard InChI is InChI=1S/C23H20N2O/c1-2-19-20-13-6-7-14-21(20)23(26)25(16-18-12-8-9-15-24-18)22(19)17-10-4-3-5-11-17/h3-15H,2,16H2,1H3. The van der Waals surface area contributed by atoms with Gasteiger partial charge in [0, 0.05) is 11.6 Å². The third kappa shape index (κ3) is 2.82. The van der Waals surface area contributed by atoms with E-state index in [1.165, 1.54) is 5.56 Å². The summed E-state index contributed by atoms with van der Waals surface area (Å²) in [5.74, 6) is 0. The van der Waals surface area contributed by atoms with Crippen molar-refractivity contribution in [1.29, 1.82) is 0 Å². The number of benzene rings is 2. The van der Waals surface area contributed by atoms with Crippen LogP contribution < -0.4 is 5.56 Å². The molecule has 26 heavy (non-hydrogen) atoms. The Balaban J connectivity index is 2.08. The van der Waals surface area contributed by atoms with Gasteiger partial charge in [0.1, 0.15) is 0 Å². The fourth-order valence-corrected chi connectivity index (χ4v) is 3.56. The zero-order chi connectivity index (χ0) is 17.9. The molecule has 3 heteroatoms. The average Bonchev–Trinajstić information content (AvgIpc) is 2.71. The molecule has 3 nitrogen and oxygen atoms in total. The van der Waals surface area contributed by atoms with Crippen LogP contribution in [0.1, 0.15) is 18.2 Å². The Hall–Kier alpha value is -3.20. The lowest BCUT2D eigenvalue weighted by molar-refractivity contribution is 0.749. The second-order valence-corrected chi connectivity index (χ2v) is 6.30. The van der Waals surface area contributed by atoms with Gasteiger partial charge < -0.3 is 4.57 Å². The number of nitrogens with zero attached hydrogens (tertiary/aromatic N) is 2. The monoisotopic (exact) mass is 340 g/mol. The molecule has 0 radical (unpaired) electrons. The van der Waals surface area contributed by atoms with Crippen molar-refractivity contribution in [2.24, 2.45) is 0 Å². The molecule has 0 saturated heterocycles. The average molecular weight is 340 g/mol. The Bertz CT molecular complexity index is 1100. The van der Waals surface area contributed by atoms with E-state index in [0.29, 0.717) is 6.54 Å². The minimum absolute atomic E-state index is 0.0299. The van der Waals surface area contributed by atoms with Crippen molar-refractivity contribution in [2.45, 2.75) is 19.9 Å². The lowest BCUT2D eigenvalue weighted by Crippen LogP contribution is -2.24. The summed E-state index contributed by atoms with van der Waals surface area (Å²) >= 11 is 0. The first kappa shape index (κ1) is 16.3. The normalized spacial score (nSPS) is 11.0. The largest absolute Gasteiger partial charge is 0.301 e. The zero-order valence-corrected chi connectivity index (χ0v) is 14.7. The van der Waals surface area contributed by atoms with Crippen molar-refractivity contribution in [1.82, 2.24) is 9.55 Å². The molecule has 0 atom stereocenters. The van der Waals surface area contributed by atoms with Gasteiger partial charge in [0.15, 0.2) is 0 Å². The van der Waals surface area contributed by atoms with Crippen molar-refractivity contribution >= 4 is 10.8 Å². The highest BCUT2D eigenvalue weighted by Gasteiger charge is 2.17. The fraction of sp³-hybridized carbons (Fsp3) is 0.130. The van der Waals surface area contributed by atoms with Crippen molar-refractivity contribution in [3.63, 3.8) is 0 Å². The van der Waals surface area contributed by atoms with Crippen LogP contribution in [0, 0.1) is 0 Å². The number of rotatable bonds is 4. The quantitative estimate of drug-likeness (QED) is 0.541. The first-order valence-corrected chi connectivity index (χ1v) is 8.89. The summed E-state index contributed by atoms with van der Waals surface area (Å²) < 4.78 is 1.87. The summed E-state index contributed by atoms with van der Waals surface area (Å²) in [6, 6.07) is 23.9. The van der Waals surface area contributed by atoms with Gasteiger partial charge in [-0.15, -0.1) is 0 Å². The smallest absolute Gasteiger partial charge is 0.259 e. The number of aromatic nitrogens is 2. The molecule has 0 aliphatic rings. The molecular formula is C23H20N2O. The number of fused-ring (bicyclic) bond motifs is 1. The van der Waals surface area contributed by atoms with Gasteiger partial charge in [-0.05, 0) is 41.1 Å². The maximum absolute atomic E-state index is 13.3. The van der Waals surface area contributed by atoms with Crippen LogP contribution in [0.2, 0.25) is 0 Å². The van der Waals surface area contributed by atoms with Gasteiger partial charge in [-0.2, -0.15) is 0 Å². The number of pyridine rings is 2. The van der Waals surface area contributed by atoms with Crippen molar-refractivity contribution < 1.29 is 0 Å². The molecule has 0 amide bonds. The molecule has 4 aromatic rings. The third-order valence-corrected chi connectivity index (χ3v) is 4.73. The molecule has 0 fully saturated rings. The van der Waals surface area contributed by atoms with E-state index in [1.807, 2.05) is 65.2 Å². The minimum atomic E-state index is 0.0299. The summed E-state index contributed by atoms with van der Waals surface area (Å²) in [7, 11) is 0. The number of aryl methyl sites for hydroxylation is 1. The molecule has 2 heterocycles.